The van der Waals surface area contributed by atoms with Gasteiger partial charge in [0.25, 0.3) is 5.91 Å². The van der Waals surface area contributed by atoms with Crippen LogP contribution in [0.2, 0.25) is 0 Å². The first-order valence-corrected chi connectivity index (χ1v) is 9.72. The van der Waals surface area contributed by atoms with E-state index in [0.717, 1.165) is 23.9 Å². The molecule has 29 heavy (non-hydrogen) atoms. The minimum atomic E-state index is -0.333. The number of nitrogens with one attached hydrogen (secondary N) is 1. The molecule has 0 aliphatic carbocycles. The first-order valence-electron chi connectivity index (χ1n) is 9.72. The van der Waals surface area contributed by atoms with Crippen LogP contribution in [0.1, 0.15) is 34.8 Å². The van der Waals surface area contributed by atoms with Gasteiger partial charge in [-0.1, -0.05) is 6.07 Å². The number of pyridine rings is 1. The molecule has 0 unspecified atom stereocenters. The molecule has 1 fully saturated rings. The van der Waals surface area contributed by atoms with E-state index < -0.39 is 0 Å². The Kier molecular flexibility index (Phi) is 4.35. The largest absolute Gasteiger partial charge is 0.346 e. The molecule has 7 heteroatoms. The van der Waals surface area contributed by atoms with Crippen LogP contribution >= 0.6 is 0 Å². The van der Waals surface area contributed by atoms with Gasteiger partial charge >= 0.3 is 0 Å². The molecule has 0 bridgehead atoms. The molecule has 0 radical (unpaired) electrons. The second-order valence-corrected chi connectivity index (χ2v) is 7.34. The van der Waals surface area contributed by atoms with Crippen molar-refractivity contribution in [3.05, 3.63) is 78.1 Å². The Labute approximate surface area is 167 Å². The molecule has 5 rings (SSSR count). The van der Waals surface area contributed by atoms with E-state index in [1.54, 1.807) is 30.6 Å². The zero-order valence-electron chi connectivity index (χ0n) is 15.8. The second kappa shape index (κ2) is 7.16. The molecule has 146 valence electrons. The molecular weight excluding hydrogens is 369 g/mol. The zero-order chi connectivity index (χ0) is 19.8. The summed E-state index contributed by atoms with van der Waals surface area (Å²) in [6.45, 7) is 1.37. The molecule has 1 aromatic carbocycles. The van der Waals surface area contributed by atoms with Crippen LogP contribution in [0.25, 0.3) is 16.7 Å². The van der Waals surface area contributed by atoms with Crippen molar-refractivity contribution < 1.29 is 9.18 Å². The summed E-state index contributed by atoms with van der Waals surface area (Å²) in [6, 6.07) is 11.9. The highest BCUT2D eigenvalue weighted by Crippen LogP contribution is 2.32. The minimum Gasteiger partial charge on any atom is -0.346 e. The lowest BCUT2D eigenvalue weighted by molar-refractivity contribution is 0.0707. The van der Waals surface area contributed by atoms with Crippen LogP contribution in [0.3, 0.4) is 0 Å². The molecule has 1 saturated heterocycles. The van der Waals surface area contributed by atoms with Gasteiger partial charge in [-0.3, -0.25) is 4.79 Å². The van der Waals surface area contributed by atoms with Crippen molar-refractivity contribution in [2.75, 3.05) is 13.1 Å². The Morgan fingerprint density at radius 1 is 1.14 bits per heavy atom. The van der Waals surface area contributed by atoms with Gasteiger partial charge in [0, 0.05) is 37.1 Å². The predicted octanol–water partition coefficient (Wildman–Crippen LogP) is 3.91. The summed E-state index contributed by atoms with van der Waals surface area (Å²) >= 11 is 0. The van der Waals surface area contributed by atoms with Crippen molar-refractivity contribution in [3.8, 4) is 5.69 Å². The third-order valence-corrected chi connectivity index (χ3v) is 5.59. The summed E-state index contributed by atoms with van der Waals surface area (Å²) in [6.07, 6.45) is 7.32. The summed E-state index contributed by atoms with van der Waals surface area (Å²) in [5, 5.41) is 5.51. The molecule has 0 saturated carbocycles. The Bertz CT molecular complexity index is 1170. The molecule has 3 aromatic heterocycles. The van der Waals surface area contributed by atoms with Crippen LogP contribution in [0.5, 0.6) is 0 Å². The molecule has 0 atom stereocenters. The number of amides is 1. The van der Waals surface area contributed by atoms with Crippen LogP contribution in [0, 0.1) is 5.82 Å². The Hall–Kier alpha value is -3.48. The van der Waals surface area contributed by atoms with Crippen LogP contribution in [0.4, 0.5) is 4.39 Å². The maximum atomic E-state index is 13.4. The number of nitrogens with zero attached hydrogens (tertiary/aromatic N) is 4. The smallest absolute Gasteiger partial charge is 0.274 e. The molecule has 1 amide bonds. The number of carbonyl (C=O) groups is 1. The van der Waals surface area contributed by atoms with Crippen molar-refractivity contribution in [2.24, 2.45) is 0 Å². The zero-order valence-corrected chi connectivity index (χ0v) is 15.8. The molecular formula is C22H20FN5O. The first-order chi connectivity index (χ1) is 14.2. The molecule has 4 heterocycles. The summed E-state index contributed by atoms with van der Waals surface area (Å²) in [7, 11) is 0. The minimum absolute atomic E-state index is 0.0841. The number of aromatic amines is 1. The fourth-order valence-electron chi connectivity index (χ4n) is 4.07. The van der Waals surface area contributed by atoms with E-state index in [0.29, 0.717) is 30.4 Å². The number of carbonyl (C=O) groups excluding carboxylic acids is 1. The molecule has 1 N–H and O–H groups in total. The van der Waals surface area contributed by atoms with Gasteiger partial charge in [-0.2, -0.15) is 5.10 Å². The van der Waals surface area contributed by atoms with E-state index in [4.69, 9.17) is 0 Å². The number of halogens is 1. The number of rotatable bonds is 3. The molecule has 4 aromatic rings. The number of hydrogen-bond acceptors (Lipinski definition) is 3. The second-order valence-electron chi connectivity index (χ2n) is 7.34. The molecule has 6 nitrogen and oxygen atoms in total. The molecule has 1 aliphatic heterocycles. The van der Waals surface area contributed by atoms with E-state index in [2.05, 4.69) is 21.1 Å². The van der Waals surface area contributed by atoms with Gasteiger partial charge in [0.15, 0.2) is 5.69 Å². The highest BCUT2D eigenvalue weighted by Gasteiger charge is 2.27. The maximum Gasteiger partial charge on any atom is 0.274 e. The number of benzene rings is 1. The van der Waals surface area contributed by atoms with Gasteiger partial charge < -0.3 is 9.88 Å². The predicted molar refractivity (Wildman–Crippen MR) is 107 cm³/mol. The third kappa shape index (κ3) is 3.29. The summed E-state index contributed by atoms with van der Waals surface area (Å²) in [4.78, 5) is 22.3. The average molecular weight is 389 g/mol. The van der Waals surface area contributed by atoms with Crippen LogP contribution < -0.4 is 0 Å². The normalized spacial score (nSPS) is 15.1. The summed E-state index contributed by atoms with van der Waals surface area (Å²) in [5.74, 6) is -0.0125. The number of fused-ring (bicyclic) bond motifs is 1. The van der Waals surface area contributed by atoms with E-state index in [-0.39, 0.29) is 11.7 Å². The van der Waals surface area contributed by atoms with E-state index in [9.17, 15) is 9.18 Å². The number of H-pyrrole nitrogens is 1. The molecule has 1 aliphatic rings. The number of hydrogen-bond donors (Lipinski definition) is 1. The lowest BCUT2D eigenvalue weighted by Crippen LogP contribution is -2.38. The number of piperidine rings is 1. The topological polar surface area (TPSA) is 66.8 Å². The van der Waals surface area contributed by atoms with E-state index in [1.807, 2.05) is 17.2 Å². The third-order valence-electron chi connectivity index (χ3n) is 5.59. The molecule has 0 spiro atoms. The highest BCUT2D eigenvalue weighted by molar-refractivity contribution is 5.92. The first kappa shape index (κ1) is 17.6. The fourth-order valence-corrected chi connectivity index (χ4v) is 4.07. The highest BCUT2D eigenvalue weighted by atomic mass is 19.1. The maximum absolute atomic E-state index is 13.4. The SMILES string of the molecule is O=C(c1ccn(-c2cccc(F)c2)n1)N1CCC(c2c[nH]c3ncccc23)CC1. The van der Waals surface area contributed by atoms with Gasteiger partial charge in [-0.05, 0) is 60.7 Å². The van der Waals surface area contributed by atoms with Crippen LogP contribution in [0.15, 0.2) is 61.1 Å². The van der Waals surface area contributed by atoms with Crippen molar-refractivity contribution in [3.63, 3.8) is 0 Å². The Morgan fingerprint density at radius 3 is 2.83 bits per heavy atom. The summed E-state index contributed by atoms with van der Waals surface area (Å²) < 4.78 is 15.0. The van der Waals surface area contributed by atoms with Crippen LogP contribution in [-0.4, -0.2) is 43.6 Å². The monoisotopic (exact) mass is 389 g/mol. The lowest BCUT2D eigenvalue weighted by atomic mass is 9.89. The van der Waals surface area contributed by atoms with Crippen molar-refractivity contribution in [1.29, 1.82) is 0 Å². The van der Waals surface area contributed by atoms with E-state index >= 15 is 0 Å². The van der Waals surface area contributed by atoms with E-state index in [1.165, 1.54) is 22.4 Å². The average Bonchev–Trinajstić information content (AvgIpc) is 3.41. The lowest BCUT2D eigenvalue weighted by Gasteiger charge is -2.31. The number of aromatic nitrogens is 4. The van der Waals surface area contributed by atoms with Crippen molar-refractivity contribution in [1.82, 2.24) is 24.6 Å². The summed E-state index contributed by atoms with van der Waals surface area (Å²) in [5.41, 5.74) is 3.15. The quantitative estimate of drug-likeness (QED) is 0.578. The van der Waals surface area contributed by atoms with Gasteiger partial charge in [-0.15, -0.1) is 0 Å². The number of likely N-dealkylation sites (tertiary alicyclic amines) is 1. The van der Waals surface area contributed by atoms with Crippen molar-refractivity contribution >= 4 is 16.9 Å². The fraction of sp³-hybridized carbons (Fsp3) is 0.227. The van der Waals surface area contributed by atoms with Gasteiger partial charge in [0.2, 0.25) is 0 Å². The van der Waals surface area contributed by atoms with Gasteiger partial charge in [-0.25, -0.2) is 14.1 Å². The Balaban J connectivity index is 1.28. The van der Waals surface area contributed by atoms with Gasteiger partial charge in [0.05, 0.1) is 5.69 Å². The van der Waals surface area contributed by atoms with Crippen molar-refractivity contribution in [2.45, 2.75) is 18.8 Å². The van der Waals surface area contributed by atoms with Gasteiger partial charge in [0.1, 0.15) is 11.5 Å². The standard InChI is InChI=1S/C22H20FN5O/c23-16-3-1-4-17(13-16)28-12-8-20(26-28)22(29)27-10-6-15(7-11-27)19-14-25-21-18(19)5-2-9-24-21/h1-5,8-9,12-15H,6-7,10-11H2,(H,24,25). The van der Waals surface area contributed by atoms with Crippen LogP contribution in [-0.2, 0) is 0 Å². The Morgan fingerprint density at radius 2 is 2.00 bits per heavy atom.